The summed E-state index contributed by atoms with van der Waals surface area (Å²) >= 11 is 0. The molecular weight excluding hydrogens is 223 g/mol. The minimum absolute atomic E-state index is 0.241. The van der Waals surface area contributed by atoms with E-state index in [1.807, 2.05) is 0 Å². The van der Waals surface area contributed by atoms with Gasteiger partial charge in [0.15, 0.2) is 0 Å². The SMILES string of the molecule is Cn1c(-c2ccccc2F)cc(=O)n(C)c1=O. The second-order valence-corrected chi connectivity index (χ2v) is 3.75. The van der Waals surface area contributed by atoms with Crippen molar-refractivity contribution in [1.82, 2.24) is 9.13 Å². The molecule has 0 radical (unpaired) electrons. The van der Waals surface area contributed by atoms with E-state index in [1.54, 1.807) is 12.1 Å². The number of rotatable bonds is 1. The van der Waals surface area contributed by atoms with E-state index in [0.29, 0.717) is 0 Å². The van der Waals surface area contributed by atoms with E-state index in [2.05, 4.69) is 0 Å². The number of hydrogen-bond acceptors (Lipinski definition) is 2. The molecule has 5 heteroatoms. The maximum Gasteiger partial charge on any atom is 0.330 e. The number of benzene rings is 1. The smallest absolute Gasteiger partial charge is 0.296 e. The van der Waals surface area contributed by atoms with Crippen LogP contribution < -0.4 is 11.2 Å². The molecule has 4 nitrogen and oxygen atoms in total. The van der Waals surface area contributed by atoms with Crippen molar-refractivity contribution in [2.24, 2.45) is 14.1 Å². The summed E-state index contributed by atoms with van der Waals surface area (Å²) in [7, 11) is 2.89. The zero-order valence-electron chi connectivity index (χ0n) is 9.48. The Bertz CT molecular complexity index is 686. The van der Waals surface area contributed by atoms with E-state index < -0.39 is 17.1 Å². The third-order valence-corrected chi connectivity index (χ3v) is 2.68. The van der Waals surface area contributed by atoms with E-state index in [-0.39, 0.29) is 11.3 Å². The number of nitrogens with zero attached hydrogens (tertiary/aromatic N) is 2. The average Bonchev–Trinajstić information content (AvgIpc) is 2.32. The fourth-order valence-corrected chi connectivity index (χ4v) is 1.66. The summed E-state index contributed by atoms with van der Waals surface area (Å²) < 4.78 is 15.8. The van der Waals surface area contributed by atoms with Gasteiger partial charge in [-0.15, -0.1) is 0 Å². The largest absolute Gasteiger partial charge is 0.330 e. The fourth-order valence-electron chi connectivity index (χ4n) is 1.66. The van der Waals surface area contributed by atoms with Crippen molar-refractivity contribution < 1.29 is 4.39 Å². The Hall–Kier alpha value is -2.17. The van der Waals surface area contributed by atoms with Gasteiger partial charge < -0.3 is 0 Å². The van der Waals surface area contributed by atoms with E-state index in [9.17, 15) is 14.0 Å². The van der Waals surface area contributed by atoms with Gasteiger partial charge in [0.05, 0.1) is 5.69 Å². The van der Waals surface area contributed by atoms with E-state index in [1.165, 1.54) is 36.9 Å². The third kappa shape index (κ3) is 1.80. The molecule has 0 aliphatic rings. The maximum absolute atomic E-state index is 13.6. The van der Waals surface area contributed by atoms with Gasteiger partial charge in [-0.25, -0.2) is 9.18 Å². The zero-order valence-corrected chi connectivity index (χ0v) is 9.48. The predicted molar refractivity (Wildman–Crippen MR) is 62.3 cm³/mol. The normalized spacial score (nSPS) is 10.5. The number of hydrogen-bond donors (Lipinski definition) is 0. The average molecular weight is 234 g/mol. The molecule has 1 aromatic heterocycles. The molecule has 0 amide bonds. The number of aromatic nitrogens is 2. The van der Waals surface area contributed by atoms with E-state index in [0.717, 1.165) is 4.57 Å². The lowest BCUT2D eigenvalue weighted by atomic mass is 10.1. The predicted octanol–water partition coefficient (Wildman–Crippen LogP) is 0.890. The van der Waals surface area contributed by atoms with Crippen molar-refractivity contribution in [3.8, 4) is 11.3 Å². The second kappa shape index (κ2) is 4.01. The zero-order chi connectivity index (χ0) is 12.6. The minimum Gasteiger partial charge on any atom is -0.296 e. The molecule has 0 saturated carbocycles. The highest BCUT2D eigenvalue weighted by Crippen LogP contribution is 2.19. The van der Waals surface area contributed by atoms with Gasteiger partial charge in [-0.05, 0) is 12.1 Å². The van der Waals surface area contributed by atoms with Crippen LogP contribution >= 0.6 is 0 Å². The summed E-state index contributed by atoms with van der Waals surface area (Å²) in [5, 5.41) is 0. The Morgan fingerprint density at radius 1 is 1.06 bits per heavy atom. The van der Waals surface area contributed by atoms with Gasteiger partial charge in [-0.2, -0.15) is 0 Å². The van der Waals surface area contributed by atoms with Gasteiger partial charge in [0.25, 0.3) is 5.56 Å². The highest BCUT2D eigenvalue weighted by Gasteiger charge is 2.10. The summed E-state index contributed by atoms with van der Waals surface area (Å²) in [5.74, 6) is -0.462. The summed E-state index contributed by atoms with van der Waals surface area (Å²) in [6.07, 6.45) is 0. The van der Waals surface area contributed by atoms with Crippen LogP contribution in [0.3, 0.4) is 0 Å². The highest BCUT2D eigenvalue weighted by molar-refractivity contribution is 5.59. The van der Waals surface area contributed by atoms with Crippen LogP contribution in [0.1, 0.15) is 0 Å². The fraction of sp³-hybridized carbons (Fsp3) is 0.167. The first kappa shape index (κ1) is 11.3. The van der Waals surface area contributed by atoms with E-state index in [4.69, 9.17) is 0 Å². The Morgan fingerprint density at radius 3 is 2.35 bits per heavy atom. The lowest BCUT2D eigenvalue weighted by Crippen LogP contribution is -2.37. The lowest BCUT2D eigenvalue weighted by Gasteiger charge is -2.09. The molecule has 0 bridgehead atoms. The molecule has 2 aromatic rings. The van der Waals surface area contributed by atoms with Crippen molar-refractivity contribution in [2.75, 3.05) is 0 Å². The summed E-state index contributed by atoms with van der Waals surface area (Å²) in [5.41, 5.74) is -0.414. The minimum atomic E-state index is -0.476. The molecule has 0 spiro atoms. The van der Waals surface area contributed by atoms with Crippen molar-refractivity contribution in [1.29, 1.82) is 0 Å². The molecule has 17 heavy (non-hydrogen) atoms. The lowest BCUT2D eigenvalue weighted by molar-refractivity contribution is 0.625. The quantitative estimate of drug-likeness (QED) is 0.735. The first-order valence-electron chi connectivity index (χ1n) is 5.04. The van der Waals surface area contributed by atoms with Crippen LogP contribution in [0.4, 0.5) is 4.39 Å². The van der Waals surface area contributed by atoms with Crippen LogP contribution in [0.5, 0.6) is 0 Å². The molecule has 0 unspecified atom stereocenters. The molecular formula is C12H11FN2O2. The van der Waals surface area contributed by atoms with Crippen LogP contribution in [0, 0.1) is 5.82 Å². The topological polar surface area (TPSA) is 44.0 Å². The van der Waals surface area contributed by atoms with E-state index >= 15 is 0 Å². The van der Waals surface area contributed by atoms with Gasteiger partial charge in [0.1, 0.15) is 5.82 Å². The molecule has 0 N–H and O–H groups in total. The summed E-state index contributed by atoms with van der Waals surface area (Å²) in [6, 6.07) is 7.28. The summed E-state index contributed by atoms with van der Waals surface area (Å²) in [4.78, 5) is 23.2. The van der Waals surface area contributed by atoms with Gasteiger partial charge in [-0.3, -0.25) is 13.9 Å². The number of halogens is 1. The molecule has 1 aromatic carbocycles. The van der Waals surface area contributed by atoms with Crippen molar-refractivity contribution in [3.05, 3.63) is 57.0 Å². The molecule has 0 aliphatic heterocycles. The van der Waals surface area contributed by atoms with Crippen LogP contribution in [0.2, 0.25) is 0 Å². The van der Waals surface area contributed by atoms with Crippen LogP contribution in [-0.2, 0) is 14.1 Å². The molecule has 2 rings (SSSR count). The molecule has 0 atom stereocenters. The second-order valence-electron chi connectivity index (χ2n) is 3.75. The molecule has 0 saturated heterocycles. The molecule has 88 valence electrons. The Kier molecular flexibility index (Phi) is 2.67. The molecule has 1 heterocycles. The van der Waals surface area contributed by atoms with Crippen molar-refractivity contribution >= 4 is 0 Å². The Morgan fingerprint density at radius 2 is 1.71 bits per heavy atom. The van der Waals surface area contributed by atoms with Gasteiger partial charge in [-0.1, -0.05) is 12.1 Å². The van der Waals surface area contributed by atoms with Crippen molar-refractivity contribution in [3.63, 3.8) is 0 Å². The van der Waals surface area contributed by atoms with Gasteiger partial charge in [0, 0.05) is 25.7 Å². The molecule has 0 aliphatic carbocycles. The highest BCUT2D eigenvalue weighted by atomic mass is 19.1. The standard InChI is InChI=1S/C12H11FN2O2/c1-14-10(7-11(16)15(2)12(14)17)8-5-3-4-6-9(8)13/h3-7H,1-2H3. The van der Waals surface area contributed by atoms with Crippen LogP contribution in [0.15, 0.2) is 39.9 Å². The Labute approximate surface area is 96.6 Å². The van der Waals surface area contributed by atoms with Crippen LogP contribution in [-0.4, -0.2) is 9.13 Å². The van der Waals surface area contributed by atoms with Gasteiger partial charge >= 0.3 is 5.69 Å². The summed E-state index contributed by atoms with van der Waals surface area (Å²) in [6.45, 7) is 0. The molecule has 0 fully saturated rings. The Balaban J connectivity index is 2.83. The third-order valence-electron chi connectivity index (χ3n) is 2.68. The first-order valence-corrected chi connectivity index (χ1v) is 5.04. The maximum atomic E-state index is 13.6. The monoisotopic (exact) mass is 234 g/mol. The van der Waals surface area contributed by atoms with Crippen LogP contribution in [0.25, 0.3) is 11.3 Å². The van der Waals surface area contributed by atoms with Gasteiger partial charge in [0.2, 0.25) is 0 Å². The van der Waals surface area contributed by atoms with Crippen molar-refractivity contribution in [2.45, 2.75) is 0 Å². The first-order chi connectivity index (χ1) is 8.02.